The smallest absolute Gasteiger partial charge is 0.339 e. The fourth-order valence-electron chi connectivity index (χ4n) is 2.16. The number of fused-ring (bicyclic) bond motifs is 3. The molecule has 1 aromatic heterocycles. The first kappa shape index (κ1) is 10.1. The van der Waals surface area contributed by atoms with Gasteiger partial charge in [0.1, 0.15) is 5.58 Å². The fourth-order valence-corrected chi connectivity index (χ4v) is 2.16. The molecule has 0 saturated carbocycles. The van der Waals surface area contributed by atoms with Gasteiger partial charge >= 0.3 is 5.63 Å². The largest absolute Gasteiger partial charge is 0.423 e. The van der Waals surface area contributed by atoms with Crippen LogP contribution >= 0.6 is 0 Å². The maximum Gasteiger partial charge on any atom is 0.339 e. The van der Waals surface area contributed by atoms with Crippen LogP contribution in [0.15, 0.2) is 51.7 Å². The van der Waals surface area contributed by atoms with E-state index in [1.807, 2.05) is 37.3 Å². The van der Waals surface area contributed by atoms with Gasteiger partial charge in [-0.2, -0.15) is 0 Å². The van der Waals surface area contributed by atoms with Crippen LogP contribution in [-0.4, -0.2) is 0 Å². The van der Waals surface area contributed by atoms with Crippen molar-refractivity contribution in [2.45, 2.75) is 13.3 Å². The van der Waals surface area contributed by atoms with E-state index in [9.17, 15) is 4.79 Å². The quantitative estimate of drug-likeness (QED) is 0.467. The molecule has 0 amide bonds. The molecule has 0 radical (unpaired) electrons. The second kappa shape index (κ2) is 3.74. The third kappa shape index (κ3) is 1.53. The lowest BCUT2D eigenvalue weighted by atomic mass is 10.0. The van der Waals surface area contributed by atoms with E-state index in [4.69, 9.17) is 4.42 Å². The number of benzene rings is 2. The molecule has 0 aliphatic heterocycles. The van der Waals surface area contributed by atoms with Gasteiger partial charge in [0.05, 0.1) is 0 Å². The molecule has 0 aliphatic rings. The average Bonchev–Trinajstić information content (AvgIpc) is 2.37. The Kier molecular flexibility index (Phi) is 2.22. The van der Waals surface area contributed by atoms with Crippen molar-refractivity contribution in [1.82, 2.24) is 0 Å². The summed E-state index contributed by atoms with van der Waals surface area (Å²) < 4.78 is 5.34. The molecule has 3 aromatic rings. The number of hydrogen-bond donors (Lipinski definition) is 0. The standard InChI is InChI=1S/C15H12O2/c1-2-10-9-13-12-6-4-3-5-11(12)7-8-14(13)17-15(10)16/h3-9H,2H2,1H3. The van der Waals surface area contributed by atoms with E-state index in [0.717, 1.165) is 21.7 Å². The van der Waals surface area contributed by atoms with Gasteiger partial charge in [-0.25, -0.2) is 4.79 Å². The Morgan fingerprint density at radius 2 is 1.88 bits per heavy atom. The summed E-state index contributed by atoms with van der Waals surface area (Å²) >= 11 is 0. The zero-order valence-corrected chi connectivity index (χ0v) is 9.57. The summed E-state index contributed by atoms with van der Waals surface area (Å²) in [6.07, 6.45) is 0.696. The zero-order valence-electron chi connectivity index (χ0n) is 9.57. The molecular weight excluding hydrogens is 212 g/mol. The van der Waals surface area contributed by atoms with Crippen LogP contribution in [0.25, 0.3) is 21.7 Å². The Morgan fingerprint density at radius 3 is 2.71 bits per heavy atom. The molecule has 3 rings (SSSR count). The van der Waals surface area contributed by atoms with E-state index < -0.39 is 0 Å². The Labute approximate surface area is 98.5 Å². The van der Waals surface area contributed by atoms with E-state index in [0.29, 0.717) is 12.0 Å². The summed E-state index contributed by atoms with van der Waals surface area (Å²) in [4.78, 5) is 11.6. The fraction of sp³-hybridized carbons (Fsp3) is 0.133. The van der Waals surface area contributed by atoms with E-state index in [1.54, 1.807) is 0 Å². The van der Waals surface area contributed by atoms with Crippen molar-refractivity contribution in [2.24, 2.45) is 0 Å². The molecule has 0 atom stereocenters. The van der Waals surface area contributed by atoms with Crippen molar-refractivity contribution in [3.63, 3.8) is 0 Å². The highest BCUT2D eigenvalue weighted by Gasteiger charge is 2.06. The molecule has 0 fully saturated rings. The minimum atomic E-state index is -0.227. The van der Waals surface area contributed by atoms with Crippen LogP contribution < -0.4 is 5.63 Å². The first-order valence-electron chi connectivity index (χ1n) is 5.74. The predicted octanol–water partition coefficient (Wildman–Crippen LogP) is 3.51. The highest BCUT2D eigenvalue weighted by atomic mass is 16.4. The summed E-state index contributed by atoms with van der Waals surface area (Å²) in [6, 6.07) is 13.9. The molecule has 0 bridgehead atoms. The van der Waals surface area contributed by atoms with Gasteiger partial charge in [0, 0.05) is 10.9 Å². The van der Waals surface area contributed by atoms with Crippen LogP contribution in [0.3, 0.4) is 0 Å². The molecule has 17 heavy (non-hydrogen) atoms. The Balaban J connectivity index is 2.52. The zero-order chi connectivity index (χ0) is 11.8. The molecule has 0 spiro atoms. The molecule has 0 N–H and O–H groups in total. The van der Waals surface area contributed by atoms with Crippen LogP contribution in [0.5, 0.6) is 0 Å². The van der Waals surface area contributed by atoms with Crippen molar-refractivity contribution in [3.8, 4) is 0 Å². The molecule has 0 aliphatic carbocycles. The monoisotopic (exact) mass is 224 g/mol. The first-order chi connectivity index (χ1) is 8.29. The van der Waals surface area contributed by atoms with E-state index in [2.05, 4.69) is 12.1 Å². The molecule has 2 heteroatoms. The highest BCUT2D eigenvalue weighted by molar-refractivity contribution is 6.05. The Morgan fingerprint density at radius 1 is 1.06 bits per heavy atom. The summed E-state index contributed by atoms with van der Waals surface area (Å²) in [7, 11) is 0. The molecule has 2 aromatic carbocycles. The van der Waals surface area contributed by atoms with Gasteiger partial charge in [0.15, 0.2) is 0 Å². The summed E-state index contributed by atoms with van der Waals surface area (Å²) in [5.41, 5.74) is 1.16. The topological polar surface area (TPSA) is 30.2 Å². The second-order valence-electron chi connectivity index (χ2n) is 4.11. The summed E-state index contributed by atoms with van der Waals surface area (Å²) in [5.74, 6) is 0. The van der Waals surface area contributed by atoms with Gasteiger partial charge in [-0.1, -0.05) is 37.3 Å². The van der Waals surface area contributed by atoms with Crippen LogP contribution in [0.4, 0.5) is 0 Å². The number of hydrogen-bond acceptors (Lipinski definition) is 2. The lowest BCUT2D eigenvalue weighted by molar-refractivity contribution is 0.552. The van der Waals surface area contributed by atoms with Crippen LogP contribution in [0.2, 0.25) is 0 Å². The summed E-state index contributed by atoms with van der Waals surface area (Å²) in [6.45, 7) is 1.96. The van der Waals surface area contributed by atoms with Gasteiger partial charge in [-0.3, -0.25) is 0 Å². The second-order valence-corrected chi connectivity index (χ2v) is 4.11. The third-order valence-corrected chi connectivity index (χ3v) is 3.09. The maximum absolute atomic E-state index is 11.6. The lowest BCUT2D eigenvalue weighted by Gasteiger charge is -2.03. The van der Waals surface area contributed by atoms with Gasteiger partial charge in [-0.05, 0) is 29.3 Å². The van der Waals surface area contributed by atoms with Crippen molar-refractivity contribution in [3.05, 3.63) is 58.4 Å². The van der Waals surface area contributed by atoms with Gasteiger partial charge in [0.2, 0.25) is 0 Å². The molecule has 0 unspecified atom stereocenters. The predicted molar refractivity (Wildman–Crippen MR) is 69.4 cm³/mol. The number of rotatable bonds is 1. The Bertz CT molecular complexity index is 754. The SMILES string of the molecule is CCc1cc2c(ccc3ccccc32)oc1=O. The highest BCUT2D eigenvalue weighted by Crippen LogP contribution is 2.24. The van der Waals surface area contributed by atoms with Crippen LogP contribution in [0, 0.1) is 0 Å². The van der Waals surface area contributed by atoms with Crippen molar-refractivity contribution in [1.29, 1.82) is 0 Å². The normalized spacial score (nSPS) is 11.1. The molecule has 2 nitrogen and oxygen atoms in total. The van der Waals surface area contributed by atoms with Crippen molar-refractivity contribution >= 4 is 21.7 Å². The van der Waals surface area contributed by atoms with E-state index >= 15 is 0 Å². The minimum Gasteiger partial charge on any atom is -0.423 e. The van der Waals surface area contributed by atoms with Crippen LogP contribution in [0.1, 0.15) is 12.5 Å². The first-order valence-corrected chi connectivity index (χ1v) is 5.74. The van der Waals surface area contributed by atoms with Gasteiger partial charge in [-0.15, -0.1) is 0 Å². The van der Waals surface area contributed by atoms with Crippen LogP contribution in [-0.2, 0) is 6.42 Å². The van der Waals surface area contributed by atoms with Gasteiger partial charge in [0.25, 0.3) is 0 Å². The average molecular weight is 224 g/mol. The molecule has 0 saturated heterocycles. The number of aryl methyl sites for hydroxylation is 1. The van der Waals surface area contributed by atoms with Crippen molar-refractivity contribution < 1.29 is 4.42 Å². The van der Waals surface area contributed by atoms with Gasteiger partial charge < -0.3 is 4.42 Å². The summed E-state index contributed by atoms with van der Waals surface area (Å²) in [5, 5.41) is 3.30. The third-order valence-electron chi connectivity index (χ3n) is 3.09. The van der Waals surface area contributed by atoms with Crippen molar-refractivity contribution in [2.75, 3.05) is 0 Å². The maximum atomic E-state index is 11.6. The lowest BCUT2D eigenvalue weighted by Crippen LogP contribution is -2.05. The van der Waals surface area contributed by atoms with E-state index in [-0.39, 0.29) is 5.63 Å². The minimum absolute atomic E-state index is 0.227. The Hall–Kier alpha value is -2.09. The molecule has 1 heterocycles. The molecule has 84 valence electrons. The van der Waals surface area contributed by atoms with E-state index in [1.165, 1.54) is 0 Å². The molecular formula is C15H12O2.